The van der Waals surface area contributed by atoms with E-state index in [9.17, 15) is 14.7 Å². The second-order valence-electron chi connectivity index (χ2n) is 9.13. The number of aromatic nitrogens is 1. The van der Waals surface area contributed by atoms with Crippen LogP contribution in [0.1, 0.15) is 66.0 Å². The van der Waals surface area contributed by atoms with Crippen molar-refractivity contribution in [3.8, 4) is 10.4 Å². The van der Waals surface area contributed by atoms with Gasteiger partial charge in [-0.25, -0.2) is 9.18 Å². The topological polar surface area (TPSA) is 85.3 Å². The summed E-state index contributed by atoms with van der Waals surface area (Å²) < 4.78 is 17.0. The fourth-order valence-electron chi connectivity index (χ4n) is 4.37. The normalized spacial score (nSPS) is 20.3. The predicted molar refractivity (Wildman–Crippen MR) is 116 cm³/mol. The van der Waals surface area contributed by atoms with Crippen LogP contribution in [-0.4, -0.2) is 15.6 Å². The number of aromatic carboxylic acids is 1. The maximum atomic E-state index is 15.2. The highest BCUT2D eigenvalue weighted by molar-refractivity contribution is 7.15. The molecule has 2 heterocycles. The average molecular weight is 427 g/mol. The first-order valence-electron chi connectivity index (χ1n) is 10.2. The number of hydrogen-bond acceptors (Lipinski definition) is 4. The summed E-state index contributed by atoms with van der Waals surface area (Å²) >= 11 is 1.52. The van der Waals surface area contributed by atoms with Crippen molar-refractivity contribution in [1.82, 2.24) is 4.57 Å². The Morgan fingerprint density at radius 2 is 2.03 bits per heavy atom. The number of nitrogens with two attached hydrogens (primary N) is 1. The zero-order chi connectivity index (χ0) is 21.4. The summed E-state index contributed by atoms with van der Waals surface area (Å²) in [6, 6.07) is 4.97. The van der Waals surface area contributed by atoms with Crippen LogP contribution < -0.4 is 11.2 Å². The molecule has 0 spiro atoms. The SMILES string of the molecule is CC1(C)CCc2cc(-c3cc4c(cc3F)c(=O)c(C(=O)O)cn4C3CC3)sc2C1N. The second kappa shape index (κ2) is 6.49. The summed E-state index contributed by atoms with van der Waals surface area (Å²) in [7, 11) is 0. The Kier molecular flexibility index (Phi) is 4.21. The first kappa shape index (κ1) is 19.5. The number of benzene rings is 1. The van der Waals surface area contributed by atoms with E-state index in [4.69, 9.17) is 5.73 Å². The van der Waals surface area contributed by atoms with Crippen molar-refractivity contribution < 1.29 is 14.3 Å². The molecule has 2 aromatic heterocycles. The standard InChI is InChI=1S/C23H23FN2O3S/c1-23(2)6-5-11-7-18(30-20(11)21(23)25)13-9-17-14(8-16(13)24)19(27)15(22(28)29)10-26(17)12-3-4-12/h7-10,12,21H,3-6,25H2,1-2H3,(H,28,29). The largest absolute Gasteiger partial charge is 0.477 e. The van der Waals surface area contributed by atoms with Crippen LogP contribution in [0.25, 0.3) is 21.3 Å². The summed E-state index contributed by atoms with van der Waals surface area (Å²) in [4.78, 5) is 26.1. The van der Waals surface area contributed by atoms with Crippen molar-refractivity contribution in [2.24, 2.45) is 11.1 Å². The van der Waals surface area contributed by atoms with Crippen LogP contribution in [0.15, 0.2) is 29.2 Å². The van der Waals surface area contributed by atoms with Crippen LogP contribution >= 0.6 is 11.3 Å². The van der Waals surface area contributed by atoms with E-state index in [1.807, 2.05) is 10.6 Å². The molecular formula is C23H23FN2O3S. The molecule has 0 bridgehead atoms. The van der Waals surface area contributed by atoms with Gasteiger partial charge in [-0.3, -0.25) is 4.79 Å². The van der Waals surface area contributed by atoms with E-state index in [2.05, 4.69) is 13.8 Å². The van der Waals surface area contributed by atoms with Crippen molar-refractivity contribution in [3.05, 3.63) is 56.4 Å². The molecule has 3 aromatic rings. The fourth-order valence-corrected chi connectivity index (χ4v) is 5.81. The summed E-state index contributed by atoms with van der Waals surface area (Å²) in [5, 5.41) is 9.51. The summed E-state index contributed by atoms with van der Waals surface area (Å²) in [6.07, 6.45) is 5.14. The molecule has 0 radical (unpaired) electrons. The molecule has 0 aliphatic heterocycles. The van der Waals surface area contributed by atoms with Gasteiger partial charge in [0, 0.05) is 39.0 Å². The van der Waals surface area contributed by atoms with Gasteiger partial charge in [-0.05, 0) is 54.9 Å². The van der Waals surface area contributed by atoms with E-state index < -0.39 is 17.2 Å². The Hall–Kier alpha value is -2.51. The van der Waals surface area contributed by atoms with Gasteiger partial charge in [0.1, 0.15) is 11.4 Å². The summed E-state index contributed by atoms with van der Waals surface area (Å²) in [6.45, 7) is 4.32. The number of thiophene rings is 1. The first-order chi connectivity index (χ1) is 14.2. The van der Waals surface area contributed by atoms with Crippen LogP contribution in [0.2, 0.25) is 0 Å². The molecule has 5 nitrogen and oxygen atoms in total. The van der Waals surface area contributed by atoms with Crippen LogP contribution in [0.5, 0.6) is 0 Å². The number of carboxylic acids is 1. The molecule has 2 aliphatic carbocycles. The number of carbonyl (C=O) groups is 1. The summed E-state index contributed by atoms with van der Waals surface area (Å²) in [5.74, 6) is -1.81. The Bertz CT molecular complexity index is 1270. The molecule has 1 saturated carbocycles. The van der Waals surface area contributed by atoms with Gasteiger partial charge in [-0.1, -0.05) is 13.8 Å². The van der Waals surface area contributed by atoms with Crippen LogP contribution in [0.3, 0.4) is 0 Å². The fraction of sp³-hybridized carbons (Fsp3) is 0.391. The lowest BCUT2D eigenvalue weighted by atomic mass is 9.74. The zero-order valence-corrected chi connectivity index (χ0v) is 17.7. The summed E-state index contributed by atoms with van der Waals surface area (Å²) in [5.41, 5.74) is 7.72. The van der Waals surface area contributed by atoms with E-state index in [1.54, 1.807) is 6.07 Å². The smallest absolute Gasteiger partial charge is 0.341 e. The number of nitrogens with zero attached hydrogens (tertiary/aromatic N) is 1. The number of hydrogen-bond donors (Lipinski definition) is 2. The number of carboxylic acid groups (broad SMARTS) is 1. The van der Waals surface area contributed by atoms with E-state index in [1.165, 1.54) is 29.2 Å². The minimum absolute atomic E-state index is 0.00323. The lowest BCUT2D eigenvalue weighted by molar-refractivity contribution is 0.0695. The molecule has 1 aromatic carbocycles. The first-order valence-corrected chi connectivity index (χ1v) is 11.0. The Morgan fingerprint density at radius 3 is 2.70 bits per heavy atom. The Balaban J connectivity index is 1.72. The minimum atomic E-state index is -1.29. The van der Waals surface area contributed by atoms with Crippen molar-refractivity contribution in [3.63, 3.8) is 0 Å². The maximum absolute atomic E-state index is 15.2. The molecule has 3 N–H and O–H groups in total. The van der Waals surface area contributed by atoms with Crippen LogP contribution in [0.4, 0.5) is 4.39 Å². The van der Waals surface area contributed by atoms with Crippen molar-refractivity contribution >= 4 is 28.2 Å². The molecule has 156 valence electrons. The Morgan fingerprint density at radius 1 is 1.30 bits per heavy atom. The highest BCUT2D eigenvalue weighted by Gasteiger charge is 2.35. The number of aryl methyl sites for hydroxylation is 1. The van der Waals surface area contributed by atoms with Gasteiger partial charge in [0.25, 0.3) is 0 Å². The van der Waals surface area contributed by atoms with Gasteiger partial charge in [-0.15, -0.1) is 11.3 Å². The number of pyridine rings is 1. The van der Waals surface area contributed by atoms with Crippen molar-refractivity contribution in [1.29, 1.82) is 0 Å². The third-order valence-corrected chi connectivity index (χ3v) is 7.86. The van der Waals surface area contributed by atoms with Gasteiger partial charge in [0.05, 0.1) is 5.52 Å². The number of fused-ring (bicyclic) bond motifs is 2. The molecule has 2 aliphatic rings. The van der Waals surface area contributed by atoms with Gasteiger partial charge in [0.15, 0.2) is 0 Å². The number of halogens is 1. The quantitative estimate of drug-likeness (QED) is 0.625. The van der Waals surface area contributed by atoms with Crippen LogP contribution in [-0.2, 0) is 6.42 Å². The second-order valence-corrected chi connectivity index (χ2v) is 10.2. The zero-order valence-electron chi connectivity index (χ0n) is 16.9. The highest BCUT2D eigenvalue weighted by Crippen LogP contribution is 2.48. The van der Waals surface area contributed by atoms with Crippen molar-refractivity contribution in [2.75, 3.05) is 0 Å². The van der Waals surface area contributed by atoms with Gasteiger partial charge >= 0.3 is 5.97 Å². The molecule has 0 saturated heterocycles. The molecule has 5 rings (SSSR count). The third kappa shape index (κ3) is 2.91. The average Bonchev–Trinajstić information content (AvgIpc) is 3.43. The van der Waals surface area contributed by atoms with Gasteiger partial charge in [-0.2, -0.15) is 0 Å². The third-order valence-electron chi connectivity index (χ3n) is 6.56. The molecule has 1 fully saturated rings. The monoisotopic (exact) mass is 426 g/mol. The van der Waals surface area contributed by atoms with E-state index in [0.717, 1.165) is 35.4 Å². The minimum Gasteiger partial charge on any atom is -0.477 e. The predicted octanol–water partition coefficient (Wildman–Crippen LogP) is 4.87. The molecule has 1 unspecified atom stereocenters. The van der Waals surface area contributed by atoms with Crippen molar-refractivity contribution in [2.45, 2.75) is 51.6 Å². The lowest BCUT2D eigenvalue weighted by Gasteiger charge is -2.35. The highest BCUT2D eigenvalue weighted by atomic mass is 32.1. The van der Waals surface area contributed by atoms with E-state index >= 15 is 4.39 Å². The molecule has 1 atom stereocenters. The van der Waals surface area contributed by atoms with E-state index in [-0.39, 0.29) is 28.4 Å². The lowest BCUT2D eigenvalue weighted by Crippen LogP contribution is -2.32. The maximum Gasteiger partial charge on any atom is 0.341 e. The van der Waals surface area contributed by atoms with Crippen LogP contribution in [0, 0.1) is 11.2 Å². The molecule has 0 amide bonds. The van der Waals surface area contributed by atoms with E-state index in [0.29, 0.717) is 11.1 Å². The van der Waals surface area contributed by atoms with Gasteiger partial charge < -0.3 is 15.4 Å². The molecular weight excluding hydrogens is 403 g/mol. The molecule has 7 heteroatoms. The van der Waals surface area contributed by atoms with Gasteiger partial charge in [0.2, 0.25) is 5.43 Å². The Labute approximate surface area is 177 Å². The number of rotatable bonds is 3. The molecule has 30 heavy (non-hydrogen) atoms.